The largest absolute Gasteiger partial charge is 0.407 e. The third kappa shape index (κ3) is 8.66. The van der Waals surface area contributed by atoms with Crippen molar-refractivity contribution in [2.24, 2.45) is 5.92 Å². The fraction of sp³-hybridized carbons (Fsp3) is 0.417. The van der Waals surface area contributed by atoms with Gasteiger partial charge >= 0.3 is 6.18 Å². The van der Waals surface area contributed by atoms with Gasteiger partial charge in [-0.3, -0.25) is 14.9 Å². The predicted molar refractivity (Wildman–Crippen MR) is 132 cm³/mol. The number of benzene rings is 2. The number of hydrogen-bond acceptors (Lipinski definition) is 6. The lowest BCUT2D eigenvalue weighted by Gasteiger charge is -2.28. The molecule has 0 saturated carbocycles. The van der Waals surface area contributed by atoms with E-state index in [4.69, 9.17) is 0 Å². The van der Waals surface area contributed by atoms with Gasteiger partial charge in [0.2, 0.25) is 5.91 Å². The molecule has 0 aliphatic heterocycles. The van der Waals surface area contributed by atoms with Gasteiger partial charge in [-0.15, -0.1) is 0 Å². The van der Waals surface area contributed by atoms with Crippen LogP contribution in [0.25, 0.3) is 11.1 Å². The van der Waals surface area contributed by atoms with Crippen LogP contribution in [0.1, 0.15) is 31.9 Å². The number of ketones is 1. The summed E-state index contributed by atoms with van der Waals surface area (Å²) in [6.07, 6.45) is -3.46. The number of rotatable bonds is 11. The number of Topliss-reactive ketones (excluding diaryl/α,β-unsaturated/α-hetero) is 1. The summed E-state index contributed by atoms with van der Waals surface area (Å²) in [5.41, 5.74) is 1.17. The van der Waals surface area contributed by atoms with Crippen LogP contribution in [0.5, 0.6) is 0 Å². The topological polar surface area (TPSA) is 92.3 Å². The van der Waals surface area contributed by atoms with Crippen LogP contribution in [0.15, 0.2) is 53.4 Å². The van der Waals surface area contributed by atoms with Gasteiger partial charge in [0.25, 0.3) is 0 Å². The molecule has 0 spiro atoms. The first-order valence-corrected chi connectivity index (χ1v) is 13.4. The Labute approximate surface area is 209 Å². The Morgan fingerprint density at radius 2 is 1.49 bits per heavy atom. The van der Waals surface area contributed by atoms with E-state index in [0.717, 1.165) is 6.26 Å². The molecule has 35 heavy (non-hydrogen) atoms. The van der Waals surface area contributed by atoms with Gasteiger partial charge < -0.3 is 5.32 Å². The van der Waals surface area contributed by atoms with Crippen LogP contribution in [-0.4, -0.2) is 50.9 Å². The third-order valence-electron chi connectivity index (χ3n) is 5.21. The monoisotopic (exact) mass is 530 g/mol. The second kappa shape index (κ2) is 12.0. The van der Waals surface area contributed by atoms with Crippen molar-refractivity contribution in [1.82, 2.24) is 10.6 Å². The zero-order chi connectivity index (χ0) is 26.4. The van der Waals surface area contributed by atoms with E-state index in [1.807, 2.05) is 0 Å². The molecule has 0 fully saturated rings. The molecule has 0 bridgehead atoms. The van der Waals surface area contributed by atoms with Crippen LogP contribution < -0.4 is 10.6 Å². The quantitative estimate of drug-likeness (QED) is 0.383. The molecule has 0 heterocycles. The molecule has 2 atom stereocenters. The Morgan fingerprint density at radius 1 is 0.971 bits per heavy atom. The van der Waals surface area contributed by atoms with E-state index in [1.54, 1.807) is 26.0 Å². The molecule has 2 aromatic rings. The van der Waals surface area contributed by atoms with Crippen molar-refractivity contribution in [3.05, 3.63) is 54.1 Å². The lowest BCUT2D eigenvalue weighted by molar-refractivity contribution is -0.161. The molecule has 0 aliphatic carbocycles. The Bertz CT molecular complexity index is 1120. The lowest BCUT2D eigenvalue weighted by atomic mass is 9.97. The molecule has 11 heteroatoms. The fourth-order valence-electron chi connectivity index (χ4n) is 3.43. The van der Waals surface area contributed by atoms with Crippen molar-refractivity contribution in [3.63, 3.8) is 0 Å². The van der Waals surface area contributed by atoms with Crippen molar-refractivity contribution in [2.45, 2.75) is 43.4 Å². The van der Waals surface area contributed by atoms with Gasteiger partial charge in [-0.25, -0.2) is 8.42 Å². The number of hydrogen-bond donors (Lipinski definition) is 3. The Kier molecular flexibility index (Phi) is 9.94. The van der Waals surface area contributed by atoms with Crippen LogP contribution in [-0.2, 0) is 19.4 Å². The summed E-state index contributed by atoms with van der Waals surface area (Å²) in [6.45, 7) is 3.27. The van der Waals surface area contributed by atoms with Gasteiger partial charge in [-0.1, -0.05) is 50.2 Å². The molecule has 0 aromatic heterocycles. The summed E-state index contributed by atoms with van der Waals surface area (Å²) in [5, 5.41) is 4.82. The van der Waals surface area contributed by atoms with E-state index in [0.29, 0.717) is 11.1 Å². The number of sulfone groups is 1. The summed E-state index contributed by atoms with van der Waals surface area (Å²) in [5.74, 6) is -1.20. The Hall–Kier alpha value is -2.37. The van der Waals surface area contributed by atoms with E-state index in [2.05, 4.69) is 23.3 Å². The Morgan fingerprint density at radius 3 is 1.91 bits per heavy atom. The van der Waals surface area contributed by atoms with Crippen LogP contribution in [0.2, 0.25) is 0 Å². The third-order valence-corrected chi connectivity index (χ3v) is 6.70. The highest BCUT2D eigenvalue weighted by Crippen LogP contribution is 2.34. The summed E-state index contributed by atoms with van der Waals surface area (Å²) in [7, 11) is -3.36. The van der Waals surface area contributed by atoms with Crippen LogP contribution in [0.3, 0.4) is 0 Å². The highest BCUT2D eigenvalue weighted by atomic mass is 32.2. The number of nitrogens with one attached hydrogen (secondary N) is 2. The first-order chi connectivity index (χ1) is 16.2. The van der Waals surface area contributed by atoms with Gasteiger partial charge in [-0.2, -0.15) is 25.8 Å². The van der Waals surface area contributed by atoms with Gasteiger partial charge in [0.1, 0.15) is 6.04 Å². The maximum absolute atomic E-state index is 14.0. The summed E-state index contributed by atoms with van der Waals surface area (Å²) in [6, 6.07) is 8.41. The SMILES string of the molecule is CC(C)C[C@H](N[C@@H](c1ccc(-c2ccc(S(C)(=O)=O)cc2)cc1)C(F)(F)F)C(=O)NCC(=O)CS. The van der Waals surface area contributed by atoms with Crippen molar-refractivity contribution >= 4 is 34.2 Å². The summed E-state index contributed by atoms with van der Waals surface area (Å²) < 4.78 is 65.2. The molecule has 0 saturated heterocycles. The second-order valence-electron chi connectivity index (χ2n) is 8.66. The number of alkyl halides is 3. The van der Waals surface area contributed by atoms with Gasteiger partial charge in [-0.05, 0) is 41.2 Å². The molecule has 2 rings (SSSR count). The molecular weight excluding hydrogens is 501 g/mol. The van der Waals surface area contributed by atoms with Crippen LogP contribution >= 0.6 is 12.6 Å². The number of carbonyl (C=O) groups excluding carboxylic acids is 2. The average Bonchev–Trinajstić information content (AvgIpc) is 2.78. The zero-order valence-electron chi connectivity index (χ0n) is 19.6. The molecule has 0 aliphatic rings. The van der Waals surface area contributed by atoms with Crippen molar-refractivity contribution < 1.29 is 31.2 Å². The highest BCUT2D eigenvalue weighted by molar-refractivity contribution is 7.90. The average molecular weight is 531 g/mol. The minimum Gasteiger partial charge on any atom is -0.348 e. The standard InChI is InChI=1S/C24H29F3N2O4S2/c1-15(2)12-21(23(31)28-13-19(30)14-34)29-22(24(25,26)27)18-6-4-16(5-7-18)17-8-10-20(11-9-17)35(3,32)33/h4-11,15,21-22,29,34H,12-14H2,1-3H3,(H,28,31)/t21-,22-/m0/s1. The van der Waals surface area contributed by atoms with Crippen molar-refractivity contribution in [3.8, 4) is 11.1 Å². The first-order valence-electron chi connectivity index (χ1n) is 10.9. The zero-order valence-corrected chi connectivity index (χ0v) is 21.3. The summed E-state index contributed by atoms with van der Waals surface area (Å²) >= 11 is 3.83. The number of carbonyl (C=O) groups is 2. The van der Waals surface area contributed by atoms with Crippen LogP contribution in [0.4, 0.5) is 13.2 Å². The summed E-state index contributed by atoms with van der Waals surface area (Å²) in [4.78, 5) is 24.2. The van der Waals surface area contributed by atoms with Crippen molar-refractivity contribution in [1.29, 1.82) is 0 Å². The highest BCUT2D eigenvalue weighted by Gasteiger charge is 2.43. The number of amides is 1. The molecule has 1 amide bonds. The number of thiol groups is 1. The van der Waals surface area contributed by atoms with Gasteiger partial charge in [0.15, 0.2) is 15.6 Å². The normalized spacial score (nSPS) is 13.9. The van der Waals surface area contributed by atoms with E-state index in [-0.39, 0.29) is 40.9 Å². The van der Waals surface area contributed by atoms with E-state index >= 15 is 0 Å². The number of halogens is 3. The second-order valence-corrected chi connectivity index (χ2v) is 11.0. The van der Waals surface area contributed by atoms with E-state index in [9.17, 15) is 31.2 Å². The van der Waals surface area contributed by atoms with Crippen LogP contribution in [0, 0.1) is 5.92 Å². The van der Waals surface area contributed by atoms with Gasteiger partial charge in [0, 0.05) is 6.26 Å². The first kappa shape index (κ1) is 28.9. The maximum Gasteiger partial charge on any atom is 0.407 e. The molecule has 0 unspecified atom stereocenters. The molecule has 192 valence electrons. The molecule has 0 radical (unpaired) electrons. The molecule has 2 aromatic carbocycles. The van der Waals surface area contributed by atoms with E-state index in [1.165, 1.54) is 36.4 Å². The molecule has 2 N–H and O–H groups in total. The fourth-order valence-corrected chi connectivity index (χ4v) is 4.17. The molecular formula is C24H29F3N2O4S2. The predicted octanol–water partition coefficient (Wildman–Crippen LogP) is 3.98. The molecule has 6 nitrogen and oxygen atoms in total. The minimum absolute atomic E-state index is 0.0787. The van der Waals surface area contributed by atoms with E-state index < -0.39 is 34.0 Å². The minimum atomic E-state index is -4.69. The maximum atomic E-state index is 14.0. The Balaban J connectivity index is 2.28. The van der Waals surface area contributed by atoms with Crippen molar-refractivity contribution in [2.75, 3.05) is 18.6 Å². The lowest BCUT2D eigenvalue weighted by Crippen LogP contribution is -2.50. The smallest absolute Gasteiger partial charge is 0.348 e. The van der Waals surface area contributed by atoms with Gasteiger partial charge in [0.05, 0.1) is 23.2 Å².